The molecule has 0 saturated heterocycles. The van der Waals surface area contributed by atoms with E-state index >= 15 is 0 Å². The second-order valence-electron chi connectivity index (χ2n) is 5.50. The van der Waals surface area contributed by atoms with Crippen LogP contribution in [0.3, 0.4) is 0 Å². The molecule has 4 nitrogen and oxygen atoms in total. The first-order valence-corrected chi connectivity index (χ1v) is 7.79. The number of nitrogens with one attached hydrogen (secondary N) is 1. The Morgan fingerprint density at radius 2 is 1.68 bits per heavy atom. The molecular formula is C21H22N2O2. The summed E-state index contributed by atoms with van der Waals surface area (Å²) in [5.41, 5.74) is 3.45. The molecule has 0 unspecified atom stereocenters. The van der Waals surface area contributed by atoms with Gasteiger partial charge in [0.15, 0.2) is 0 Å². The molecule has 0 saturated carbocycles. The first kappa shape index (κ1) is 18.2. The van der Waals surface area contributed by atoms with Gasteiger partial charge in [-0.1, -0.05) is 49.9 Å². The van der Waals surface area contributed by atoms with Crippen LogP contribution in [-0.2, 0) is 6.42 Å². The van der Waals surface area contributed by atoms with Gasteiger partial charge in [-0.05, 0) is 35.7 Å². The number of carbonyl (C=O) groups is 1. The third kappa shape index (κ3) is 4.91. The molecule has 0 bridgehead atoms. The van der Waals surface area contributed by atoms with Gasteiger partial charge in [-0.2, -0.15) is 0 Å². The van der Waals surface area contributed by atoms with Crippen molar-refractivity contribution in [3.63, 3.8) is 0 Å². The second-order valence-corrected chi connectivity index (χ2v) is 5.50. The zero-order valence-electron chi connectivity index (χ0n) is 13.1. The summed E-state index contributed by atoms with van der Waals surface area (Å²) in [5.74, 6) is 0.0700. The summed E-state index contributed by atoms with van der Waals surface area (Å²) in [6, 6.07) is 18.7. The number of phenols is 1. The van der Waals surface area contributed by atoms with Crippen LogP contribution in [0.15, 0.2) is 73.1 Å². The van der Waals surface area contributed by atoms with Crippen LogP contribution in [0.4, 0.5) is 0 Å². The van der Waals surface area contributed by atoms with E-state index in [1.807, 2.05) is 30.3 Å². The first-order valence-electron chi connectivity index (χ1n) is 7.79. The lowest BCUT2D eigenvalue weighted by Crippen LogP contribution is -2.25. The smallest absolute Gasteiger partial charge is 0.252 e. The van der Waals surface area contributed by atoms with Crippen LogP contribution in [0.25, 0.3) is 11.1 Å². The van der Waals surface area contributed by atoms with Crippen LogP contribution in [0, 0.1) is 0 Å². The predicted octanol–water partition coefficient (Wildman–Crippen LogP) is 4.06. The van der Waals surface area contributed by atoms with E-state index in [0.717, 1.165) is 17.5 Å². The summed E-state index contributed by atoms with van der Waals surface area (Å²) in [6.07, 6.45) is 4.05. The number of aromatic hydroxyl groups is 1. The normalized spacial score (nSPS) is 9.92. The number of carbonyl (C=O) groups excluding carboxylic acids is 1. The molecule has 128 valence electrons. The second kappa shape index (κ2) is 8.64. The lowest BCUT2D eigenvalue weighted by atomic mass is 10.1. The number of aromatic nitrogens is 1. The molecule has 3 rings (SSSR count). The molecule has 0 atom stereocenters. The van der Waals surface area contributed by atoms with Crippen molar-refractivity contribution in [2.45, 2.75) is 13.8 Å². The Labute approximate surface area is 148 Å². The minimum absolute atomic E-state index is 0. The van der Waals surface area contributed by atoms with E-state index < -0.39 is 0 Å². The van der Waals surface area contributed by atoms with Gasteiger partial charge in [-0.3, -0.25) is 9.78 Å². The lowest BCUT2D eigenvalue weighted by Gasteiger charge is -2.07. The fourth-order valence-electron chi connectivity index (χ4n) is 2.44. The number of rotatable bonds is 5. The van der Waals surface area contributed by atoms with E-state index in [1.165, 1.54) is 5.56 Å². The summed E-state index contributed by atoms with van der Waals surface area (Å²) in [7, 11) is 0. The van der Waals surface area contributed by atoms with Gasteiger partial charge in [0.1, 0.15) is 5.75 Å². The van der Waals surface area contributed by atoms with Crippen LogP contribution in [-0.4, -0.2) is 22.5 Å². The first-order chi connectivity index (χ1) is 11.7. The van der Waals surface area contributed by atoms with Crippen molar-refractivity contribution < 1.29 is 9.90 Å². The summed E-state index contributed by atoms with van der Waals surface area (Å²) in [4.78, 5) is 16.4. The average Bonchev–Trinajstić information content (AvgIpc) is 2.63. The van der Waals surface area contributed by atoms with Crippen LogP contribution in [0.2, 0.25) is 0 Å². The largest absolute Gasteiger partial charge is 0.508 e. The Balaban J connectivity index is 0.00000225. The van der Waals surface area contributed by atoms with Crippen molar-refractivity contribution in [2.75, 3.05) is 6.54 Å². The Kier molecular flexibility index (Phi) is 6.29. The Bertz CT molecular complexity index is 815. The third-order valence-electron chi connectivity index (χ3n) is 3.74. The highest BCUT2D eigenvalue weighted by molar-refractivity contribution is 5.95. The molecule has 2 aromatic carbocycles. The van der Waals surface area contributed by atoms with Crippen LogP contribution in [0.5, 0.6) is 5.75 Å². The van der Waals surface area contributed by atoms with Gasteiger partial charge >= 0.3 is 0 Å². The monoisotopic (exact) mass is 334 g/mol. The minimum atomic E-state index is -0.140. The standard InChI is InChI=1S/C20H18N2O2.CH4/c23-19-8-6-16(7-9-19)17-12-18(14-21-13-17)20(24)22-11-10-15-4-2-1-3-5-15;/h1-9,12-14,23H,10-11H2,(H,22,24);1H4. The van der Waals surface area contributed by atoms with E-state index in [2.05, 4.69) is 10.3 Å². The van der Waals surface area contributed by atoms with Gasteiger partial charge in [-0.15, -0.1) is 0 Å². The van der Waals surface area contributed by atoms with Gasteiger partial charge < -0.3 is 10.4 Å². The Morgan fingerprint density at radius 1 is 0.960 bits per heavy atom. The lowest BCUT2D eigenvalue weighted by molar-refractivity contribution is 0.0954. The molecule has 0 aliphatic rings. The van der Waals surface area contributed by atoms with Crippen molar-refractivity contribution in [2.24, 2.45) is 0 Å². The van der Waals surface area contributed by atoms with E-state index in [0.29, 0.717) is 12.1 Å². The van der Waals surface area contributed by atoms with Gasteiger partial charge in [0, 0.05) is 24.5 Å². The maximum atomic E-state index is 12.3. The number of nitrogens with zero attached hydrogens (tertiary/aromatic N) is 1. The molecule has 1 amide bonds. The Morgan fingerprint density at radius 3 is 2.40 bits per heavy atom. The SMILES string of the molecule is C.O=C(NCCc1ccccc1)c1cncc(-c2ccc(O)cc2)c1. The van der Waals surface area contributed by atoms with E-state index in [9.17, 15) is 9.90 Å². The molecule has 1 heterocycles. The number of amides is 1. The van der Waals surface area contributed by atoms with Crippen LogP contribution < -0.4 is 5.32 Å². The molecule has 3 aromatic rings. The van der Waals surface area contributed by atoms with Crippen molar-refractivity contribution in [1.29, 1.82) is 0 Å². The minimum Gasteiger partial charge on any atom is -0.508 e. The number of pyridine rings is 1. The van der Waals surface area contributed by atoms with Gasteiger partial charge in [-0.25, -0.2) is 0 Å². The van der Waals surface area contributed by atoms with Crippen LogP contribution >= 0.6 is 0 Å². The molecule has 0 aliphatic heterocycles. The number of hydrogen-bond acceptors (Lipinski definition) is 3. The highest BCUT2D eigenvalue weighted by Crippen LogP contribution is 2.21. The molecule has 4 heteroatoms. The molecule has 2 N–H and O–H groups in total. The molecule has 1 aromatic heterocycles. The molecule has 25 heavy (non-hydrogen) atoms. The zero-order chi connectivity index (χ0) is 16.8. The maximum Gasteiger partial charge on any atom is 0.252 e. The maximum absolute atomic E-state index is 12.3. The fraction of sp³-hybridized carbons (Fsp3) is 0.143. The third-order valence-corrected chi connectivity index (χ3v) is 3.74. The molecule has 0 radical (unpaired) electrons. The quantitative estimate of drug-likeness (QED) is 0.739. The van der Waals surface area contributed by atoms with Crippen molar-refractivity contribution in [3.05, 3.63) is 84.2 Å². The van der Waals surface area contributed by atoms with Crippen molar-refractivity contribution >= 4 is 5.91 Å². The van der Waals surface area contributed by atoms with E-state index in [-0.39, 0.29) is 19.1 Å². The van der Waals surface area contributed by atoms with Gasteiger partial charge in [0.05, 0.1) is 5.56 Å². The molecule has 0 fully saturated rings. The summed E-state index contributed by atoms with van der Waals surface area (Å²) in [6.45, 7) is 0.576. The number of phenolic OH excluding ortho intramolecular Hbond substituents is 1. The summed E-state index contributed by atoms with van der Waals surface area (Å²) >= 11 is 0. The highest BCUT2D eigenvalue weighted by atomic mass is 16.3. The summed E-state index contributed by atoms with van der Waals surface area (Å²) in [5, 5.41) is 12.3. The average molecular weight is 334 g/mol. The summed E-state index contributed by atoms with van der Waals surface area (Å²) < 4.78 is 0. The predicted molar refractivity (Wildman–Crippen MR) is 101 cm³/mol. The number of benzene rings is 2. The van der Waals surface area contributed by atoms with Crippen molar-refractivity contribution in [1.82, 2.24) is 10.3 Å². The van der Waals surface area contributed by atoms with Gasteiger partial charge in [0.2, 0.25) is 0 Å². The zero-order valence-corrected chi connectivity index (χ0v) is 13.1. The number of hydrogen-bond donors (Lipinski definition) is 2. The molecule has 0 aliphatic carbocycles. The van der Waals surface area contributed by atoms with Crippen LogP contribution in [0.1, 0.15) is 23.3 Å². The molecule has 0 spiro atoms. The fourth-order valence-corrected chi connectivity index (χ4v) is 2.44. The Hall–Kier alpha value is -3.14. The topological polar surface area (TPSA) is 62.2 Å². The highest BCUT2D eigenvalue weighted by Gasteiger charge is 2.07. The van der Waals surface area contributed by atoms with E-state index in [1.54, 1.807) is 42.7 Å². The van der Waals surface area contributed by atoms with Gasteiger partial charge in [0.25, 0.3) is 5.91 Å². The molecular weight excluding hydrogens is 312 g/mol. The van der Waals surface area contributed by atoms with E-state index in [4.69, 9.17) is 0 Å². The van der Waals surface area contributed by atoms with Crippen molar-refractivity contribution in [3.8, 4) is 16.9 Å².